The molecular weight excluding hydrogens is 387 g/mol. The molecule has 0 amide bonds. The fourth-order valence-corrected chi connectivity index (χ4v) is 5.22. The molecule has 0 saturated carbocycles. The summed E-state index contributed by atoms with van der Waals surface area (Å²) in [4.78, 5) is 10.5. The minimum atomic E-state index is -3.30. The normalized spacial score (nSPS) is 12.4. The van der Waals surface area contributed by atoms with E-state index < -0.39 is 43.5 Å². The molecule has 0 heterocycles. The van der Waals surface area contributed by atoms with Crippen molar-refractivity contribution in [3.8, 4) is 0 Å². The number of benzene rings is 1. The average Bonchev–Trinajstić information content (AvgIpc) is 2.55. The van der Waals surface area contributed by atoms with Crippen LogP contribution in [-0.2, 0) is 15.3 Å². The standard InChI is InChI=1S/C18H27F5O3Si/c1-11(2)25-27(24,26-12(3)4)10-8-6-5-7-9-13-14(19)16(21)18(23)17(22)15(13)20/h11-12,24H,5-10H2,1-4H3. The summed E-state index contributed by atoms with van der Waals surface area (Å²) < 4.78 is 77.6. The summed E-state index contributed by atoms with van der Waals surface area (Å²) in [5.41, 5.74) is -0.788. The molecule has 0 spiro atoms. The van der Waals surface area contributed by atoms with Crippen LogP contribution in [0.25, 0.3) is 0 Å². The van der Waals surface area contributed by atoms with Crippen molar-refractivity contribution in [1.82, 2.24) is 0 Å². The maximum atomic E-state index is 13.6. The van der Waals surface area contributed by atoms with E-state index in [1.807, 2.05) is 0 Å². The fraction of sp³-hybridized carbons (Fsp3) is 0.667. The van der Waals surface area contributed by atoms with Crippen molar-refractivity contribution in [3.05, 3.63) is 34.6 Å². The second kappa shape index (κ2) is 10.5. The molecule has 1 aromatic rings. The van der Waals surface area contributed by atoms with E-state index in [1.165, 1.54) is 0 Å². The highest BCUT2D eigenvalue weighted by Crippen LogP contribution is 2.25. The summed E-state index contributed by atoms with van der Waals surface area (Å²) in [5, 5.41) is 0. The highest BCUT2D eigenvalue weighted by atomic mass is 28.4. The third-order valence-corrected chi connectivity index (χ3v) is 6.47. The minimum Gasteiger partial charge on any atom is -0.390 e. The van der Waals surface area contributed by atoms with E-state index in [0.717, 1.165) is 0 Å². The Bertz CT molecular complexity index is 587. The zero-order chi connectivity index (χ0) is 20.8. The molecule has 27 heavy (non-hydrogen) atoms. The Balaban J connectivity index is 2.51. The van der Waals surface area contributed by atoms with Gasteiger partial charge in [0.2, 0.25) is 5.82 Å². The van der Waals surface area contributed by atoms with Crippen LogP contribution in [0.2, 0.25) is 6.04 Å². The molecule has 0 atom stereocenters. The molecule has 3 nitrogen and oxygen atoms in total. The molecule has 0 unspecified atom stereocenters. The van der Waals surface area contributed by atoms with Crippen LogP contribution in [0.4, 0.5) is 22.0 Å². The summed E-state index contributed by atoms with van der Waals surface area (Å²) in [6, 6.07) is 0.339. The van der Waals surface area contributed by atoms with Crippen molar-refractivity contribution >= 4 is 8.80 Å². The van der Waals surface area contributed by atoms with Crippen molar-refractivity contribution in [1.29, 1.82) is 0 Å². The molecule has 0 radical (unpaired) electrons. The molecule has 0 aromatic heterocycles. The van der Waals surface area contributed by atoms with E-state index in [1.54, 1.807) is 27.7 Å². The smallest absolute Gasteiger partial charge is 0.390 e. The van der Waals surface area contributed by atoms with Gasteiger partial charge in [-0.3, -0.25) is 0 Å². The van der Waals surface area contributed by atoms with Crippen molar-refractivity contribution in [3.63, 3.8) is 0 Å². The monoisotopic (exact) mass is 414 g/mol. The average molecular weight is 414 g/mol. The van der Waals surface area contributed by atoms with Crippen LogP contribution < -0.4 is 0 Å². The molecule has 0 saturated heterocycles. The maximum absolute atomic E-state index is 13.6. The van der Waals surface area contributed by atoms with E-state index in [0.29, 0.717) is 25.3 Å². The first-order valence-electron chi connectivity index (χ1n) is 9.06. The zero-order valence-electron chi connectivity index (χ0n) is 16.1. The molecule has 156 valence electrons. The summed E-state index contributed by atoms with van der Waals surface area (Å²) >= 11 is 0. The quantitative estimate of drug-likeness (QED) is 0.176. The third kappa shape index (κ3) is 7.13. The largest absolute Gasteiger partial charge is 0.498 e. The van der Waals surface area contributed by atoms with Crippen molar-refractivity contribution in [2.24, 2.45) is 0 Å². The molecule has 1 aromatic carbocycles. The van der Waals surface area contributed by atoms with Crippen molar-refractivity contribution < 1.29 is 35.6 Å². The first-order chi connectivity index (χ1) is 12.5. The first kappa shape index (κ1) is 24.0. The second-order valence-electron chi connectivity index (χ2n) is 7.01. The number of unbranched alkanes of at least 4 members (excludes halogenated alkanes) is 3. The van der Waals surface area contributed by atoms with E-state index in [2.05, 4.69) is 0 Å². The minimum absolute atomic E-state index is 0.186. The number of halogens is 5. The highest BCUT2D eigenvalue weighted by molar-refractivity contribution is 6.59. The van der Waals surface area contributed by atoms with Gasteiger partial charge in [0.1, 0.15) is 0 Å². The Labute approximate surface area is 157 Å². The molecule has 0 aliphatic carbocycles. The summed E-state index contributed by atoms with van der Waals surface area (Å²) in [6.45, 7) is 7.19. The van der Waals surface area contributed by atoms with Gasteiger partial charge in [0, 0.05) is 23.8 Å². The Morgan fingerprint density at radius 2 is 1.11 bits per heavy atom. The predicted molar refractivity (Wildman–Crippen MR) is 93.6 cm³/mol. The second-order valence-corrected chi connectivity index (χ2v) is 9.41. The van der Waals surface area contributed by atoms with E-state index in [9.17, 15) is 26.7 Å². The highest BCUT2D eigenvalue weighted by Gasteiger charge is 2.38. The molecular formula is C18H27F5O3Si. The lowest BCUT2D eigenvalue weighted by Crippen LogP contribution is -2.46. The zero-order valence-corrected chi connectivity index (χ0v) is 17.1. The summed E-state index contributed by atoms with van der Waals surface area (Å²) in [7, 11) is -3.30. The SMILES string of the molecule is CC(C)O[Si](O)(CCCCCCc1c(F)c(F)c(F)c(F)c1F)OC(C)C. The molecule has 0 fully saturated rings. The van der Waals surface area contributed by atoms with Crippen LogP contribution in [0, 0.1) is 29.1 Å². The van der Waals surface area contributed by atoms with Gasteiger partial charge >= 0.3 is 8.80 Å². The van der Waals surface area contributed by atoms with Gasteiger partial charge in [-0.05, 0) is 47.0 Å². The van der Waals surface area contributed by atoms with Gasteiger partial charge in [0.15, 0.2) is 23.3 Å². The van der Waals surface area contributed by atoms with Crippen LogP contribution in [0.3, 0.4) is 0 Å². The van der Waals surface area contributed by atoms with Crippen molar-refractivity contribution in [2.75, 3.05) is 0 Å². The molecule has 1 N–H and O–H groups in total. The topological polar surface area (TPSA) is 38.7 Å². The fourth-order valence-electron chi connectivity index (χ4n) is 2.76. The van der Waals surface area contributed by atoms with Gasteiger partial charge in [-0.15, -0.1) is 0 Å². The number of hydrogen-bond acceptors (Lipinski definition) is 3. The third-order valence-electron chi connectivity index (χ3n) is 3.81. The molecule has 0 aliphatic heterocycles. The van der Waals surface area contributed by atoms with Crippen LogP contribution >= 0.6 is 0 Å². The lowest BCUT2D eigenvalue weighted by molar-refractivity contribution is 0.0472. The molecule has 0 aliphatic rings. The van der Waals surface area contributed by atoms with Gasteiger partial charge < -0.3 is 13.6 Å². The van der Waals surface area contributed by atoms with Crippen LogP contribution in [0.15, 0.2) is 0 Å². The summed E-state index contributed by atoms with van der Waals surface area (Å²) in [6.07, 6.45) is 1.32. The van der Waals surface area contributed by atoms with Crippen LogP contribution in [0.1, 0.15) is 58.9 Å². The van der Waals surface area contributed by atoms with Gasteiger partial charge in [-0.25, -0.2) is 22.0 Å². The number of rotatable bonds is 11. The summed E-state index contributed by atoms with van der Waals surface area (Å²) in [5.74, 6) is -9.53. The Hall–Kier alpha value is -1.03. The van der Waals surface area contributed by atoms with Gasteiger partial charge in [0.25, 0.3) is 0 Å². The molecule has 1 rings (SSSR count). The van der Waals surface area contributed by atoms with E-state index in [-0.39, 0.29) is 25.0 Å². The van der Waals surface area contributed by atoms with Gasteiger partial charge in [-0.1, -0.05) is 12.8 Å². The number of hydrogen-bond donors (Lipinski definition) is 1. The molecule has 0 bridgehead atoms. The lowest BCUT2D eigenvalue weighted by atomic mass is 10.0. The van der Waals surface area contributed by atoms with Gasteiger partial charge in [0.05, 0.1) is 0 Å². The Kier molecular flexibility index (Phi) is 9.33. The predicted octanol–water partition coefficient (Wildman–Crippen LogP) is 5.27. The lowest BCUT2D eigenvalue weighted by Gasteiger charge is -2.28. The first-order valence-corrected chi connectivity index (χ1v) is 11.0. The van der Waals surface area contributed by atoms with Crippen LogP contribution in [-0.4, -0.2) is 25.8 Å². The van der Waals surface area contributed by atoms with Gasteiger partial charge in [-0.2, -0.15) is 0 Å². The Morgan fingerprint density at radius 3 is 1.56 bits per heavy atom. The van der Waals surface area contributed by atoms with Crippen molar-refractivity contribution in [2.45, 2.75) is 78.1 Å². The van der Waals surface area contributed by atoms with E-state index >= 15 is 0 Å². The van der Waals surface area contributed by atoms with Crippen LogP contribution in [0.5, 0.6) is 0 Å². The Morgan fingerprint density at radius 1 is 0.704 bits per heavy atom. The maximum Gasteiger partial charge on any atom is 0.498 e. The van der Waals surface area contributed by atoms with E-state index in [4.69, 9.17) is 8.85 Å². The molecule has 9 heteroatoms.